The van der Waals surface area contributed by atoms with Crippen LogP contribution in [0.15, 0.2) is 23.5 Å². The lowest BCUT2D eigenvalue weighted by Gasteiger charge is -2.56. The van der Waals surface area contributed by atoms with Gasteiger partial charge >= 0.3 is 0 Å². The van der Waals surface area contributed by atoms with Gasteiger partial charge in [-0.1, -0.05) is 26.3 Å². The maximum Gasteiger partial charge on any atom is 0.241 e. The molecule has 0 unspecified atom stereocenters. The van der Waals surface area contributed by atoms with Crippen LogP contribution in [-0.2, 0) is 9.22 Å². The molecular weight excluding hydrogens is 336 g/mol. The summed E-state index contributed by atoms with van der Waals surface area (Å²) >= 11 is 0. The summed E-state index contributed by atoms with van der Waals surface area (Å²) in [7, 11) is -1.62. The molecule has 0 aromatic heterocycles. The van der Waals surface area contributed by atoms with Crippen molar-refractivity contribution in [2.75, 3.05) is 0 Å². The van der Waals surface area contributed by atoms with E-state index in [-0.39, 0.29) is 16.7 Å². The molecule has 6 atom stereocenters. The minimum Gasteiger partial charge on any atom is -0.547 e. The third kappa shape index (κ3) is 2.68. The Balaban J connectivity index is 1.67. The minimum atomic E-state index is -1.62. The van der Waals surface area contributed by atoms with Gasteiger partial charge in [0.25, 0.3) is 0 Å². The first-order valence-corrected chi connectivity index (χ1v) is 14.1. The first-order valence-electron chi connectivity index (χ1n) is 10.7. The molecule has 0 aromatic carbocycles. The average Bonchev–Trinajstić information content (AvgIpc) is 2.84. The van der Waals surface area contributed by atoms with Crippen LogP contribution in [0.4, 0.5) is 0 Å². The second-order valence-electron chi connectivity index (χ2n) is 11.1. The van der Waals surface area contributed by atoms with Gasteiger partial charge in [0, 0.05) is 11.3 Å². The van der Waals surface area contributed by atoms with E-state index in [4.69, 9.17) is 4.43 Å². The van der Waals surface area contributed by atoms with Crippen molar-refractivity contribution in [3.05, 3.63) is 23.5 Å². The summed E-state index contributed by atoms with van der Waals surface area (Å²) in [6.07, 6.45) is 11.5. The molecule has 2 fully saturated rings. The molecule has 4 aliphatic carbocycles. The Morgan fingerprint density at radius 1 is 1.08 bits per heavy atom. The normalized spacial score (nSPS) is 45.2. The van der Waals surface area contributed by atoms with Gasteiger partial charge in [-0.25, -0.2) is 0 Å². The lowest BCUT2D eigenvalue weighted by molar-refractivity contribution is -0.132. The molecular formula is C23H36O2Si. The summed E-state index contributed by atoms with van der Waals surface area (Å²) in [6, 6.07) is 0. The van der Waals surface area contributed by atoms with Gasteiger partial charge in [0.1, 0.15) is 0 Å². The van der Waals surface area contributed by atoms with Gasteiger partial charge < -0.3 is 4.43 Å². The summed E-state index contributed by atoms with van der Waals surface area (Å²) in [4.78, 5) is 13.3. The van der Waals surface area contributed by atoms with Crippen molar-refractivity contribution in [2.45, 2.75) is 78.9 Å². The molecule has 0 aliphatic heterocycles. The number of rotatable bonds is 2. The van der Waals surface area contributed by atoms with Crippen LogP contribution in [0.5, 0.6) is 0 Å². The second kappa shape index (κ2) is 5.83. The fourth-order valence-electron chi connectivity index (χ4n) is 6.61. The standard InChI is InChI=1S/C23H36O2Si/c1-15-9-11-22(2)16(13-15)14-19(24)21-17-7-8-20(25-26(4,5)6)23(17,3)12-10-18(21)22/h8,14-15,17-18,21H,7,9-13H2,1-6H3/t15-,17-,18-,21-,22-,23-/m0/s1. The van der Waals surface area contributed by atoms with E-state index in [1.165, 1.54) is 37.0 Å². The number of allylic oxidation sites excluding steroid dienone is 4. The lowest BCUT2D eigenvalue weighted by Crippen LogP contribution is -2.53. The average molecular weight is 373 g/mol. The number of fused-ring (bicyclic) bond motifs is 5. The van der Waals surface area contributed by atoms with E-state index in [0.29, 0.717) is 17.6 Å². The van der Waals surface area contributed by atoms with Crippen LogP contribution >= 0.6 is 0 Å². The Hall–Kier alpha value is -0.833. The fourth-order valence-corrected chi connectivity index (χ4v) is 7.59. The Morgan fingerprint density at radius 2 is 1.77 bits per heavy atom. The van der Waals surface area contributed by atoms with E-state index in [1.807, 2.05) is 0 Å². The van der Waals surface area contributed by atoms with E-state index >= 15 is 0 Å². The third-order valence-electron chi connectivity index (χ3n) is 8.12. The quantitative estimate of drug-likeness (QED) is 0.547. The highest BCUT2D eigenvalue weighted by atomic mass is 28.4. The van der Waals surface area contributed by atoms with Crippen LogP contribution in [0.1, 0.15) is 59.3 Å². The fraction of sp³-hybridized carbons (Fsp3) is 0.783. The van der Waals surface area contributed by atoms with Crippen LogP contribution < -0.4 is 0 Å². The highest BCUT2D eigenvalue weighted by Gasteiger charge is 2.59. The predicted molar refractivity (Wildman–Crippen MR) is 109 cm³/mol. The number of carbonyl (C=O) groups excluding carboxylic acids is 1. The van der Waals surface area contributed by atoms with Gasteiger partial charge in [0.2, 0.25) is 8.32 Å². The van der Waals surface area contributed by atoms with Crippen LogP contribution in [-0.4, -0.2) is 14.1 Å². The van der Waals surface area contributed by atoms with E-state index in [1.54, 1.807) is 0 Å². The molecule has 3 heteroatoms. The Morgan fingerprint density at radius 3 is 2.46 bits per heavy atom. The summed E-state index contributed by atoms with van der Waals surface area (Å²) in [6.45, 7) is 14.0. The van der Waals surface area contributed by atoms with Gasteiger partial charge in [-0.05, 0) is 93.5 Å². The molecule has 0 bridgehead atoms. The molecule has 0 radical (unpaired) electrons. The molecule has 2 saturated carbocycles. The van der Waals surface area contributed by atoms with E-state index in [0.717, 1.165) is 18.8 Å². The number of hydrogen-bond donors (Lipinski definition) is 0. The molecule has 4 rings (SSSR count). The van der Waals surface area contributed by atoms with Crippen molar-refractivity contribution >= 4 is 14.1 Å². The van der Waals surface area contributed by atoms with Crippen LogP contribution in [0, 0.1) is 34.5 Å². The summed E-state index contributed by atoms with van der Waals surface area (Å²) in [5.74, 6) is 3.56. The highest BCUT2D eigenvalue weighted by molar-refractivity contribution is 6.70. The van der Waals surface area contributed by atoms with E-state index in [2.05, 4.69) is 52.6 Å². The lowest BCUT2D eigenvalue weighted by atomic mass is 9.47. The number of carbonyl (C=O) groups is 1. The summed E-state index contributed by atoms with van der Waals surface area (Å²) in [5.41, 5.74) is 1.80. The molecule has 2 nitrogen and oxygen atoms in total. The van der Waals surface area contributed by atoms with Crippen LogP contribution in [0.2, 0.25) is 19.6 Å². The van der Waals surface area contributed by atoms with Crippen molar-refractivity contribution in [3.63, 3.8) is 0 Å². The van der Waals surface area contributed by atoms with Gasteiger partial charge in [-0.2, -0.15) is 0 Å². The second-order valence-corrected chi connectivity index (χ2v) is 15.5. The molecule has 144 valence electrons. The van der Waals surface area contributed by atoms with Crippen molar-refractivity contribution in [1.29, 1.82) is 0 Å². The zero-order valence-electron chi connectivity index (χ0n) is 17.5. The van der Waals surface area contributed by atoms with Gasteiger partial charge in [0.05, 0.1) is 5.76 Å². The first kappa shape index (κ1) is 18.5. The molecule has 0 spiro atoms. The zero-order valence-corrected chi connectivity index (χ0v) is 18.5. The van der Waals surface area contributed by atoms with Crippen molar-refractivity contribution in [1.82, 2.24) is 0 Å². The minimum absolute atomic E-state index is 0.0702. The Labute approximate surface area is 160 Å². The number of hydrogen-bond acceptors (Lipinski definition) is 2. The monoisotopic (exact) mass is 372 g/mol. The molecule has 0 heterocycles. The molecule has 0 aromatic rings. The van der Waals surface area contributed by atoms with Crippen LogP contribution in [0.3, 0.4) is 0 Å². The molecule has 0 amide bonds. The van der Waals surface area contributed by atoms with Gasteiger partial charge in [-0.15, -0.1) is 0 Å². The van der Waals surface area contributed by atoms with E-state index < -0.39 is 8.32 Å². The highest BCUT2D eigenvalue weighted by Crippen LogP contribution is 2.64. The predicted octanol–water partition coefficient (Wildman–Crippen LogP) is 6.11. The Kier molecular flexibility index (Phi) is 4.15. The number of ketones is 1. The Bertz CT molecular complexity index is 685. The molecule has 26 heavy (non-hydrogen) atoms. The van der Waals surface area contributed by atoms with E-state index in [9.17, 15) is 4.79 Å². The van der Waals surface area contributed by atoms with Crippen molar-refractivity contribution in [3.8, 4) is 0 Å². The third-order valence-corrected chi connectivity index (χ3v) is 8.95. The van der Waals surface area contributed by atoms with Crippen molar-refractivity contribution < 1.29 is 9.22 Å². The van der Waals surface area contributed by atoms with Crippen molar-refractivity contribution in [2.24, 2.45) is 34.5 Å². The first-order chi connectivity index (χ1) is 12.0. The molecule has 0 saturated heterocycles. The smallest absolute Gasteiger partial charge is 0.241 e. The zero-order chi connectivity index (χ0) is 18.9. The van der Waals surface area contributed by atoms with Gasteiger partial charge in [0.15, 0.2) is 5.78 Å². The molecule has 4 aliphatic rings. The topological polar surface area (TPSA) is 26.3 Å². The molecule has 0 N–H and O–H groups in total. The van der Waals surface area contributed by atoms with Gasteiger partial charge in [-0.3, -0.25) is 4.79 Å². The largest absolute Gasteiger partial charge is 0.547 e. The maximum atomic E-state index is 13.3. The maximum absolute atomic E-state index is 13.3. The SMILES string of the molecule is C[C@H]1CC[C@@]2(C)C(=CC(=O)[C@@H]3[C@@H]2CC[C@]2(C)C(O[Si](C)(C)C)=CC[C@@H]32)C1. The summed E-state index contributed by atoms with van der Waals surface area (Å²) < 4.78 is 6.51. The van der Waals surface area contributed by atoms with Crippen LogP contribution in [0.25, 0.3) is 0 Å². The summed E-state index contributed by atoms with van der Waals surface area (Å²) in [5, 5.41) is 0.